The molecule has 2 N–H and O–H groups in total. The Morgan fingerprint density at radius 3 is 2.46 bits per heavy atom. The van der Waals surface area contributed by atoms with Crippen LogP contribution < -0.4 is 5.73 Å². The Bertz CT molecular complexity index is 173. The molecule has 0 aromatic heterocycles. The van der Waals surface area contributed by atoms with Gasteiger partial charge in [-0.25, -0.2) is 0 Å². The quantitative estimate of drug-likeness (QED) is 0.684. The summed E-state index contributed by atoms with van der Waals surface area (Å²) >= 11 is 0. The van der Waals surface area contributed by atoms with E-state index in [0.29, 0.717) is 18.2 Å². The van der Waals surface area contributed by atoms with Crippen LogP contribution in [0.5, 0.6) is 0 Å². The van der Waals surface area contributed by atoms with Gasteiger partial charge in [-0.3, -0.25) is 4.79 Å². The first-order chi connectivity index (χ1) is 6.15. The molecule has 0 radical (unpaired) electrons. The smallest absolute Gasteiger partial charge is 0.137 e. The molecule has 0 amide bonds. The number of Topliss-reactive ketones (excluding diaryl/α,β-unsaturated/α-hetero) is 1. The molecular formula is C11H21NO. The van der Waals surface area contributed by atoms with E-state index in [4.69, 9.17) is 5.73 Å². The molecule has 1 aliphatic carbocycles. The van der Waals surface area contributed by atoms with Gasteiger partial charge in [0.2, 0.25) is 0 Å². The molecule has 0 bridgehead atoms. The van der Waals surface area contributed by atoms with Crippen LogP contribution in [-0.2, 0) is 4.79 Å². The summed E-state index contributed by atoms with van der Waals surface area (Å²) in [7, 11) is 0. The van der Waals surface area contributed by atoms with Gasteiger partial charge in [-0.1, -0.05) is 26.7 Å². The van der Waals surface area contributed by atoms with Crippen molar-refractivity contribution in [3.05, 3.63) is 0 Å². The normalized spacial score (nSPS) is 19.1. The second-order valence-electron chi connectivity index (χ2n) is 4.53. The molecule has 76 valence electrons. The summed E-state index contributed by atoms with van der Waals surface area (Å²) in [5.74, 6) is 1.73. The SMILES string of the molecule is CC(C)C(CN)C(=O)CCC1CC1. The standard InChI is InChI=1S/C11H21NO/c1-8(2)10(7-12)11(13)6-5-9-3-4-9/h8-10H,3-7,12H2,1-2H3. The Hall–Kier alpha value is -0.370. The maximum absolute atomic E-state index is 11.7. The molecule has 0 aliphatic heterocycles. The molecule has 0 aromatic rings. The lowest BCUT2D eigenvalue weighted by atomic mass is 9.89. The predicted octanol–water partition coefficient (Wildman–Crippen LogP) is 1.98. The van der Waals surface area contributed by atoms with Gasteiger partial charge in [0, 0.05) is 18.9 Å². The average molecular weight is 183 g/mol. The Kier molecular flexibility index (Phi) is 3.91. The molecule has 0 aromatic carbocycles. The average Bonchev–Trinajstić information content (AvgIpc) is 2.84. The third kappa shape index (κ3) is 3.47. The van der Waals surface area contributed by atoms with Gasteiger partial charge in [-0.15, -0.1) is 0 Å². The van der Waals surface area contributed by atoms with Crippen molar-refractivity contribution >= 4 is 5.78 Å². The topological polar surface area (TPSA) is 43.1 Å². The molecule has 0 spiro atoms. The van der Waals surface area contributed by atoms with Crippen LogP contribution in [0.4, 0.5) is 0 Å². The van der Waals surface area contributed by atoms with Crippen molar-refractivity contribution < 1.29 is 4.79 Å². The van der Waals surface area contributed by atoms with E-state index in [0.717, 1.165) is 18.8 Å². The summed E-state index contributed by atoms with van der Waals surface area (Å²) in [6.07, 6.45) is 4.53. The van der Waals surface area contributed by atoms with Gasteiger partial charge < -0.3 is 5.73 Å². The molecule has 0 heterocycles. The summed E-state index contributed by atoms with van der Waals surface area (Å²) in [5.41, 5.74) is 5.58. The van der Waals surface area contributed by atoms with Crippen LogP contribution in [0.15, 0.2) is 0 Å². The van der Waals surface area contributed by atoms with Crippen LogP contribution in [0.25, 0.3) is 0 Å². The van der Waals surface area contributed by atoms with Crippen molar-refractivity contribution in [1.29, 1.82) is 0 Å². The van der Waals surface area contributed by atoms with Crippen molar-refractivity contribution in [3.63, 3.8) is 0 Å². The number of ketones is 1. The number of nitrogens with two attached hydrogens (primary N) is 1. The molecule has 1 atom stereocenters. The van der Waals surface area contributed by atoms with E-state index in [1.54, 1.807) is 0 Å². The Labute approximate surface area is 80.9 Å². The monoisotopic (exact) mass is 183 g/mol. The zero-order valence-corrected chi connectivity index (χ0v) is 8.75. The van der Waals surface area contributed by atoms with Gasteiger partial charge >= 0.3 is 0 Å². The molecule has 2 heteroatoms. The van der Waals surface area contributed by atoms with Crippen molar-refractivity contribution in [2.75, 3.05) is 6.54 Å². The molecule has 2 nitrogen and oxygen atoms in total. The first kappa shape index (κ1) is 10.7. The van der Waals surface area contributed by atoms with E-state index >= 15 is 0 Å². The first-order valence-corrected chi connectivity index (χ1v) is 5.38. The van der Waals surface area contributed by atoms with E-state index in [1.165, 1.54) is 12.8 Å². The third-order valence-electron chi connectivity index (χ3n) is 2.97. The fourth-order valence-corrected chi connectivity index (χ4v) is 1.71. The van der Waals surface area contributed by atoms with Crippen LogP contribution in [0.2, 0.25) is 0 Å². The maximum atomic E-state index is 11.7. The number of hydrogen-bond donors (Lipinski definition) is 1. The van der Waals surface area contributed by atoms with E-state index in [9.17, 15) is 4.79 Å². The van der Waals surface area contributed by atoms with Crippen LogP contribution in [0.3, 0.4) is 0 Å². The summed E-state index contributed by atoms with van der Waals surface area (Å²) < 4.78 is 0. The lowest BCUT2D eigenvalue weighted by Gasteiger charge is -2.16. The zero-order valence-electron chi connectivity index (χ0n) is 8.75. The fourth-order valence-electron chi connectivity index (χ4n) is 1.71. The van der Waals surface area contributed by atoms with Crippen molar-refractivity contribution in [3.8, 4) is 0 Å². The van der Waals surface area contributed by atoms with Gasteiger partial charge in [0.05, 0.1) is 0 Å². The van der Waals surface area contributed by atoms with Crippen LogP contribution in [-0.4, -0.2) is 12.3 Å². The van der Waals surface area contributed by atoms with Gasteiger partial charge in [0.1, 0.15) is 5.78 Å². The van der Waals surface area contributed by atoms with Gasteiger partial charge in [0.15, 0.2) is 0 Å². The Morgan fingerprint density at radius 2 is 2.08 bits per heavy atom. The molecular weight excluding hydrogens is 162 g/mol. The van der Waals surface area contributed by atoms with Crippen LogP contribution in [0, 0.1) is 17.8 Å². The third-order valence-corrected chi connectivity index (χ3v) is 2.97. The molecule has 1 fully saturated rings. The molecule has 13 heavy (non-hydrogen) atoms. The minimum atomic E-state index is 0.0961. The lowest BCUT2D eigenvalue weighted by Crippen LogP contribution is -2.28. The number of carbonyl (C=O) groups excluding carboxylic acids is 1. The van der Waals surface area contributed by atoms with E-state index in [1.807, 2.05) is 0 Å². The molecule has 0 saturated heterocycles. The highest BCUT2D eigenvalue weighted by molar-refractivity contribution is 5.81. The summed E-state index contributed by atoms with van der Waals surface area (Å²) in [6.45, 7) is 4.67. The number of hydrogen-bond acceptors (Lipinski definition) is 2. The summed E-state index contributed by atoms with van der Waals surface area (Å²) in [4.78, 5) is 11.7. The second kappa shape index (κ2) is 4.75. The Morgan fingerprint density at radius 1 is 1.46 bits per heavy atom. The highest BCUT2D eigenvalue weighted by Crippen LogP contribution is 2.34. The zero-order chi connectivity index (χ0) is 9.84. The molecule has 1 unspecified atom stereocenters. The first-order valence-electron chi connectivity index (χ1n) is 5.38. The van der Waals surface area contributed by atoms with Crippen LogP contribution >= 0.6 is 0 Å². The van der Waals surface area contributed by atoms with E-state index in [-0.39, 0.29) is 5.92 Å². The Balaban J connectivity index is 2.25. The highest BCUT2D eigenvalue weighted by Gasteiger charge is 2.25. The minimum Gasteiger partial charge on any atom is -0.330 e. The fraction of sp³-hybridized carbons (Fsp3) is 0.909. The number of rotatable bonds is 6. The molecule has 1 aliphatic rings. The lowest BCUT2D eigenvalue weighted by molar-refractivity contribution is -0.124. The predicted molar refractivity (Wildman–Crippen MR) is 54.3 cm³/mol. The van der Waals surface area contributed by atoms with Crippen molar-refractivity contribution in [1.82, 2.24) is 0 Å². The van der Waals surface area contributed by atoms with E-state index in [2.05, 4.69) is 13.8 Å². The maximum Gasteiger partial charge on any atom is 0.137 e. The van der Waals surface area contributed by atoms with Gasteiger partial charge in [0.25, 0.3) is 0 Å². The molecule has 1 saturated carbocycles. The van der Waals surface area contributed by atoms with Gasteiger partial charge in [-0.05, 0) is 18.3 Å². The minimum absolute atomic E-state index is 0.0961. The van der Waals surface area contributed by atoms with Crippen molar-refractivity contribution in [2.24, 2.45) is 23.5 Å². The summed E-state index contributed by atoms with van der Waals surface area (Å²) in [5, 5.41) is 0. The van der Waals surface area contributed by atoms with Crippen LogP contribution in [0.1, 0.15) is 39.5 Å². The summed E-state index contributed by atoms with van der Waals surface area (Å²) in [6, 6.07) is 0. The van der Waals surface area contributed by atoms with Gasteiger partial charge in [-0.2, -0.15) is 0 Å². The largest absolute Gasteiger partial charge is 0.330 e. The molecule has 1 rings (SSSR count). The number of carbonyl (C=O) groups is 1. The van der Waals surface area contributed by atoms with Crippen molar-refractivity contribution in [2.45, 2.75) is 39.5 Å². The highest BCUT2D eigenvalue weighted by atomic mass is 16.1. The second-order valence-corrected chi connectivity index (χ2v) is 4.53. The van der Waals surface area contributed by atoms with E-state index < -0.39 is 0 Å².